The van der Waals surface area contributed by atoms with Gasteiger partial charge in [0.05, 0.1) is 0 Å². The van der Waals surface area contributed by atoms with Gasteiger partial charge in [0.15, 0.2) is 0 Å². The van der Waals surface area contributed by atoms with Gasteiger partial charge in [-0.1, -0.05) is 0 Å². The Kier molecular flexibility index (Phi) is 15.6. The van der Waals surface area contributed by atoms with Crippen LogP contribution < -0.4 is 0 Å². The maximum atomic E-state index is 11.2. The van der Waals surface area contributed by atoms with Gasteiger partial charge in [0, 0.05) is 0 Å². The molecule has 182 valence electrons. The number of ether oxygens (including phenoxy) is 1. The van der Waals surface area contributed by atoms with Crippen molar-refractivity contribution in [3.63, 3.8) is 0 Å². The molecule has 0 aliphatic rings. The van der Waals surface area contributed by atoms with E-state index in [4.69, 9.17) is 4.74 Å². The van der Waals surface area contributed by atoms with Crippen molar-refractivity contribution < 1.29 is 9.84 Å². The van der Waals surface area contributed by atoms with Crippen LogP contribution in [-0.2, 0) is 4.74 Å². The molecule has 0 spiro atoms. The van der Waals surface area contributed by atoms with Gasteiger partial charge in [-0.05, 0) is 0 Å². The van der Waals surface area contributed by atoms with Gasteiger partial charge in [-0.15, -0.1) is 0 Å². The van der Waals surface area contributed by atoms with E-state index in [1.165, 1.54) is 51.8 Å². The predicted molar refractivity (Wildman–Crippen MR) is 145 cm³/mol. The van der Waals surface area contributed by atoms with Gasteiger partial charge in [0.1, 0.15) is 0 Å². The van der Waals surface area contributed by atoms with E-state index in [1.807, 2.05) is 18.2 Å². The van der Waals surface area contributed by atoms with Crippen molar-refractivity contribution in [2.45, 2.75) is 98.7 Å². The Bertz CT molecular complexity index is 618. The number of aliphatic hydroxyl groups is 1. The van der Waals surface area contributed by atoms with Crippen molar-refractivity contribution in [3.05, 3.63) is 52.1 Å². The molecule has 0 aliphatic carbocycles. The summed E-state index contributed by atoms with van der Waals surface area (Å²) in [6, 6.07) is 10.3. The first-order chi connectivity index (χ1) is 15.4. The number of hydrogen-bond donors (Lipinski definition) is 1. The molecule has 1 aromatic rings. The molecule has 0 unspecified atom stereocenters. The third-order valence-corrected chi connectivity index (χ3v) is 21.1. The summed E-state index contributed by atoms with van der Waals surface area (Å²) in [6.07, 6.45) is 14.1. The molecule has 1 aromatic carbocycles. The van der Waals surface area contributed by atoms with Gasteiger partial charge >= 0.3 is 204 Å². The van der Waals surface area contributed by atoms with E-state index in [0.29, 0.717) is 0 Å². The van der Waals surface area contributed by atoms with Crippen molar-refractivity contribution in [2.24, 2.45) is 11.8 Å². The summed E-state index contributed by atoms with van der Waals surface area (Å²) in [5, 5.41) is 11.2. The van der Waals surface area contributed by atoms with Gasteiger partial charge in [0.25, 0.3) is 0 Å². The second kappa shape index (κ2) is 16.9. The molecule has 0 aliphatic heterocycles. The van der Waals surface area contributed by atoms with Crippen LogP contribution in [0.15, 0.2) is 46.6 Å². The summed E-state index contributed by atoms with van der Waals surface area (Å²) < 4.78 is 12.9. The molecule has 2 nitrogen and oxygen atoms in total. The monoisotopic (exact) mass is 550 g/mol. The number of methoxy groups -OCH3 is 1. The Morgan fingerprint density at radius 2 is 1.41 bits per heavy atom. The predicted octanol–water partition coefficient (Wildman–Crippen LogP) is 8.29. The molecule has 0 radical (unpaired) electrons. The van der Waals surface area contributed by atoms with Gasteiger partial charge in [0.2, 0.25) is 0 Å². The van der Waals surface area contributed by atoms with Crippen molar-refractivity contribution in [2.75, 3.05) is 7.11 Å². The van der Waals surface area contributed by atoms with Crippen LogP contribution in [0.5, 0.6) is 0 Å². The molecular weight excluding hydrogens is 499 g/mol. The van der Waals surface area contributed by atoms with Crippen LogP contribution in [0.3, 0.4) is 0 Å². The van der Waals surface area contributed by atoms with Crippen LogP contribution in [0, 0.1) is 11.8 Å². The van der Waals surface area contributed by atoms with Crippen molar-refractivity contribution in [1.29, 1.82) is 0 Å². The molecule has 0 amide bonds. The Balaban J connectivity index is 2.92. The SMILES string of the molecule is CCC[CH2][Sn](/[CH]=C/[C@H](C)[C@H](O)[C@H](C)[C@H](/C=C/c1ccccc1)OC)([CH2]CCC)[CH2]CCC. The van der Waals surface area contributed by atoms with E-state index in [0.717, 1.165) is 5.56 Å². The zero-order valence-corrected chi connectivity index (χ0v) is 24.6. The number of aliphatic hydroxyl groups excluding tert-OH is 1. The topological polar surface area (TPSA) is 29.5 Å². The molecule has 1 N–H and O–H groups in total. The van der Waals surface area contributed by atoms with Gasteiger partial charge < -0.3 is 0 Å². The second-order valence-electron chi connectivity index (χ2n) is 9.71. The summed E-state index contributed by atoms with van der Waals surface area (Å²) in [6.45, 7) is 11.3. The Morgan fingerprint density at radius 1 is 0.875 bits per heavy atom. The standard InChI is InChI=1S/C17H23O2.3C4H9.Sn/c1-5-13(2)17(18)14(3)16(19-4)12-11-15-9-7-6-8-10-15;3*1-3-4-2;/h1,5-14,16-18H,2-4H3;3*1,3-4H2,2H3;/b5-1?,12-11+;;;;/t13-,14+,16-,17-;;;;/m0..../s1. The summed E-state index contributed by atoms with van der Waals surface area (Å²) in [5.74, 6) is 0.180. The van der Waals surface area contributed by atoms with Gasteiger partial charge in [-0.2, -0.15) is 0 Å². The Hall–Kier alpha value is -0.581. The summed E-state index contributed by atoms with van der Waals surface area (Å²) in [5.41, 5.74) is 1.16. The summed E-state index contributed by atoms with van der Waals surface area (Å²) in [7, 11) is 1.74. The third-order valence-electron chi connectivity index (χ3n) is 6.98. The van der Waals surface area contributed by atoms with Gasteiger partial charge in [-0.25, -0.2) is 0 Å². The first-order valence-corrected chi connectivity index (χ1v) is 20.8. The van der Waals surface area contributed by atoms with E-state index in [9.17, 15) is 5.11 Å². The zero-order valence-electron chi connectivity index (χ0n) is 21.7. The maximum absolute atomic E-state index is 11.2. The van der Waals surface area contributed by atoms with Crippen LogP contribution >= 0.6 is 0 Å². The van der Waals surface area contributed by atoms with Gasteiger partial charge in [-0.3, -0.25) is 0 Å². The molecule has 0 heterocycles. The fourth-order valence-electron chi connectivity index (χ4n) is 4.59. The minimum atomic E-state index is -2.31. The van der Waals surface area contributed by atoms with Crippen LogP contribution in [-0.4, -0.2) is 42.8 Å². The van der Waals surface area contributed by atoms with E-state index in [2.05, 4.69) is 69.1 Å². The number of unbranched alkanes of at least 4 members (excludes halogenated alkanes) is 3. The van der Waals surface area contributed by atoms with Crippen LogP contribution in [0.25, 0.3) is 6.08 Å². The summed E-state index contributed by atoms with van der Waals surface area (Å²) >= 11 is -2.31. The minimum absolute atomic E-state index is 0.0335. The van der Waals surface area contributed by atoms with Crippen LogP contribution in [0.1, 0.15) is 78.7 Å². The molecule has 1 rings (SSSR count). The van der Waals surface area contributed by atoms with Crippen molar-refractivity contribution in [3.8, 4) is 0 Å². The molecule has 32 heavy (non-hydrogen) atoms. The first-order valence-electron chi connectivity index (χ1n) is 13.1. The fraction of sp³-hybridized carbons (Fsp3) is 0.655. The molecular formula is C29H50O2Sn. The first kappa shape index (κ1) is 29.5. The fourth-order valence-corrected chi connectivity index (χ4v) is 19.2. The average Bonchev–Trinajstić information content (AvgIpc) is 2.83. The van der Waals surface area contributed by atoms with Crippen LogP contribution in [0.4, 0.5) is 0 Å². The molecule has 4 atom stereocenters. The molecule has 0 fully saturated rings. The normalized spacial score (nSPS) is 16.5. The van der Waals surface area contributed by atoms with E-state index in [1.54, 1.807) is 7.11 Å². The Labute approximate surface area is 203 Å². The van der Waals surface area contributed by atoms with Crippen molar-refractivity contribution >= 4 is 24.5 Å². The zero-order chi connectivity index (χ0) is 23.8. The molecule has 0 saturated carbocycles. The number of hydrogen-bond acceptors (Lipinski definition) is 2. The average molecular weight is 549 g/mol. The van der Waals surface area contributed by atoms with E-state index < -0.39 is 24.5 Å². The molecule has 3 heteroatoms. The summed E-state index contributed by atoms with van der Waals surface area (Å²) in [4.78, 5) is 0. The van der Waals surface area contributed by atoms with E-state index in [-0.39, 0.29) is 17.9 Å². The third kappa shape index (κ3) is 10.6. The van der Waals surface area contributed by atoms with E-state index >= 15 is 0 Å². The molecule has 0 saturated heterocycles. The quantitative estimate of drug-likeness (QED) is 0.198. The second-order valence-corrected chi connectivity index (χ2v) is 22.7. The number of rotatable bonds is 17. The molecule has 0 aromatic heterocycles. The molecule has 0 bridgehead atoms. The Morgan fingerprint density at radius 3 is 1.88 bits per heavy atom. The van der Waals surface area contributed by atoms with Crippen molar-refractivity contribution in [1.82, 2.24) is 0 Å². The van der Waals surface area contributed by atoms with Crippen LogP contribution in [0.2, 0.25) is 13.3 Å². The number of benzene rings is 1.